The van der Waals surface area contributed by atoms with E-state index >= 15 is 0 Å². The van der Waals surface area contributed by atoms with E-state index < -0.39 is 0 Å². The molecule has 160 valence electrons. The van der Waals surface area contributed by atoms with Gasteiger partial charge in [-0.3, -0.25) is 10.1 Å². The van der Waals surface area contributed by atoms with E-state index in [2.05, 4.69) is 15.6 Å². The lowest BCUT2D eigenvalue weighted by molar-refractivity contribution is 0.0732. The quantitative estimate of drug-likeness (QED) is 0.758. The number of carbonyl (C=O) groups is 2. The van der Waals surface area contributed by atoms with Gasteiger partial charge in [-0.1, -0.05) is 24.2 Å². The van der Waals surface area contributed by atoms with Gasteiger partial charge < -0.3 is 19.7 Å². The summed E-state index contributed by atoms with van der Waals surface area (Å²) < 4.78 is 10.6. The van der Waals surface area contributed by atoms with Crippen LogP contribution in [0.15, 0.2) is 18.2 Å². The average molecular weight is 431 g/mol. The summed E-state index contributed by atoms with van der Waals surface area (Å²) in [5.74, 6) is 1.03. The molecule has 2 aromatic rings. The van der Waals surface area contributed by atoms with E-state index in [9.17, 15) is 9.59 Å². The molecule has 0 radical (unpaired) electrons. The van der Waals surface area contributed by atoms with Crippen LogP contribution in [0.25, 0.3) is 0 Å². The molecule has 0 atom stereocenters. The van der Waals surface area contributed by atoms with Crippen molar-refractivity contribution in [2.24, 2.45) is 0 Å². The molecular weight excluding hydrogens is 404 g/mol. The fraction of sp³-hybridized carbons (Fsp3) is 0.476. The minimum atomic E-state index is -0.205. The van der Waals surface area contributed by atoms with Crippen LogP contribution in [-0.4, -0.2) is 48.6 Å². The number of nitrogens with one attached hydrogen (secondary N) is 2. The van der Waals surface area contributed by atoms with Crippen molar-refractivity contribution in [3.05, 3.63) is 34.3 Å². The minimum absolute atomic E-state index is 0.0953. The second-order valence-electron chi connectivity index (χ2n) is 7.51. The number of amides is 3. The normalized spacial score (nSPS) is 16.1. The number of anilines is 1. The number of hydrogen-bond donors (Lipinski definition) is 2. The lowest BCUT2D eigenvalue weighted by Gasteiger charge is -2.26. The number of benzene rings is 1. The first-order valence-electron chi connectivity index (χ1n) is 10.1. The molecule has 2 heterocycles. The molecule has 9 heteroatoms. The Kier molecular flexibility index (Phi) is 6.08. The number of carbonyl (C=O) groups excluding carboxylic acids is 2. The largest absolute Gasteiger partial charge is 0.497 e. The van der Waals surface area contributed by atoms with Gasteiger partial charge in [0.15, 0.2) is 5.13 Å². The van der Waals surface area contributed by atoms with E-state index in [1.54, 1.807) is 30.2 Å². The van der Waals surface area contributed by atoms with Crippen molar-refractivity contribution in [1.29, 1.82) is 0 Å². The van der Waals surface area contributed by atoms with E-state index in [0.29, 0.717) is 41.7 Å². The maximum absolute atomic E-state index is 13.1. The third-order valence-corrected chi connectivity index (χ3v) is 6.57. The van der Waals surface area contributed by atoms with Gasteiger partial charge in [-0.2, -0.15) is 0 Å². The Labute approximate surface area is 179 Å². The lowest BCUT2D eigenvalue weighted by atomic mass is 10.1. The van der Waals surface area contributed by atoms with Crippen LogP contribution in [0.4, 0.5) is 9.93 Å². The third kappa shape index (κ3) is 4.35. The second kappa shape index (κ2) is 8.91. The van der Waals surface area contributed by atoms with E-state index in [0.717, 1.165) is 23.4 Å². The number of aromatic nitrogens is 1. The Hall–Kier alpha value is -2.81. The molecule has 1 aromatic heterocycles. The Morgan fingerprint density at radius 1 is 1.20 bits per heavy atom. The van der Waals surface area contributed by atoms with Gasteiger partial charge in [0, 0.05) is 30.0 Å². The van der Waals surface area contributed by atoms with E-state index in [4.69, 9.17) is 9.47 Å². The molecule has 0 unspecified atom stereocenters. The summed E-state index contributed by atoms with van der Waals surface area (Å²) in [5, 5.41) is 6.43. The second-order valence-corrected chi connectivity index (χ2v) is 8.60. The molecular formula is C21H26N4O4S. The predicted molar refractivity (Wildman–Crippen MR) is 115 cm³/mol. The molecule has 2 aliphatic rings. The van der Waals surface area contributed by atoms with Gasteiger partial charge in [0.1, 0.15) is 11.5 Å². The van der Waals surface area contributed by atoms with Crippen LogP contribution in [0.3, 0.4) is 0 Å². The fourth-order valence-electron chi connectivity index (χ4n) is 3.96. The number of nitrogens with zero attached hydrogens (tertiary/aromatic N) is 2. The van der Waals surface area contributed by atoms with Crippen LogP contribution in [0, 0.1) is 0 Å². The van der Waals surface area contributed by atoms with Crippen molar-refractivity contribution in [2.45, 2.75) is 44.7 Å². The van der Waals surface area contributed by atoms with Crippen LogP contribution >= 0.6 is 11.3 Å². The number of hydrogen-bond acceptors (Lipinski definition) is 6. The molecule has 1 aromatic carbocycles. The Balaban J connectivity index is 1.42. The van der Waals surface area contributed by atoms with Crippen molar-refractivity contribution in [3.8, 4) is 11.5 Å². The zero-order valence-electron chi connectivity index (χ0n) is 17.2. The number of fused-ring (bicyclic) bond motifs is 1. The van der Waals surface area contributed by atoms with Crippen LogP contribution in [0.2, 0.25) is 0 Å². The maximum atomic E-state index is 13.1. The van der Waals surface area contributed by atoms with Gasteiger partial charge >= 0.3 is 6.03 Å². The van der Waals surface area contributed by atoms with Gasteiger partial charge in [0.05, 0.1) is 32.0 Å². The monoisotopic (exact) mass is 430 g/mol. The maximum Gasteiger partial charge on any atom is 0.321 e. The first kappa shape index (κ1) is 20.5. The van der Waals surface area contributed by atoms with E-state index in [1.165, 1.54) is 31.3 Å². The summed E-state index contributed by atoms with van der Waals surface area (Å²) in [6.45, 7) is 1.03. The molecule has 0 saturated heterocycles. The molecule has 0 bridgehead atoms. The van der Waals surface area contributed by atoms with Crippen molar-refractivity contribution in [1.82, 2.24) is 15.2 Å². The Bertz CT molecular complexity index is 939. The smallest absolute Gasteiger partial charge is 0.321 e. The highest BCUT2D eigenvalue weighted by atomic mass is 32.1. The number of ether oxygens (including phenoxy) is 2. The molecule has 4 rings (SSSR count). The molecule has 1 aliphatic carbocycles. The lowest BCUT2D eigenvalue weighted by Crippen LogP contribution is -2.36. The fourth-order valence-corrected chi connectivity index (χ4v) is 4.98. The zero-order chi connectivity index (χ0) is 21.1. The predicted octanol–water partition coefficient (Wildman–Crippen LogP) is 3.42. The highest BCUT2D eigenvalue weighted by Crippen LogP contribution is 2.31. The molecule has 2 N–H and O–H groups in total. The summed E-state index contributed by atoms with van der Waals surface area (Å²) >= 11 is 1.43. The molecule has 0 spiro atoms. The standard InChI is InChI=1S/C21H26N4O4S/c1-28-14-7-8-15(17(11-14)29-2)19(26)25-10-9-16-18(12-25)30-21(23-16)24-20(27)22-13-5-3-4-6-13/h7-8,11,13H,3-6,9-10,12H2,1-2H3,(H2,22,23,24,27). The van der Waals surface area contributed by atoms with Gasteiger partial charge in [0.2, 0.25) is 0 Å². The molecule has 3 amide bonds. The summed E-state index contributed by atoms with van der Waals surface area (Å²) in [7, 11) is 3.11. The topological polar surface area (TPSA) is 92.8 Å². The third-order valence-electron chi connectivity index (χ3n) is 5.57. The number of rotatable bonds is 5. The van der Waals surface area contributed by atoms with E-state index in [1.807, 2.05) is 0 Å². The molecule has 1 aliphatic heterocycles. The van der Waals surface area contributed by atoms with Crippen molar-refractivity contribution < 1.29 is 19.1 Å². The van der Waals surface area contributed by atoms with E-state index in [-0.39, 0.29) is 18.0 Å². The first-order chi connectivity index (χ1) is 14.6. The van der Waals surface area contributed by atoms with Crippen molar-refractivity contribution in [2.75, 3.05) is 26.1 Å². The highest BCUT2D eigenvalue weighted by molar-refractivity contribution is 7.15. The average Bonchev–Trinajstić information content (AvgIpc) is 3.41. The highest BCUT2D eigenvalue weighted by Gasteiger charge is 2.27. The molecule has 30 heavy (non-hydrogen) atoms. The van der Waals surface area contributed by atoms with Gasteiger partial charge in [-0.25, -0.2) is 9.78 Å². The van der Waals surface area contributed by atoms with Gasteiger partial charge in [-0.15, -0.1) is 0 Å². The minimum Gasteiger partial charge on any atom is -0.497 e. The number of thiazole rings is 1. The van der Waals surface area contributed by atoms with Gasteiger partial charge in [-0.05, 0) is 25.0 Å². The Morgan fingerprint density at radius 2 is 2.00 bits per heavy atom. The zero-order valence-corrected chi connectivity index (χ0v) is 18.0. The van der Waals surface area contributed by atoms with Crippen molar-refractivity contribution >= 4 is 28.4 Å². The van der Waals surface area contributed by atoms with Crippen LogP contribution < -0.4 is 20.1 Å². The summed E-state index contributed by atoms with van der Waals surface area (Å²) in [5.41, 5.74) is 1.45. The summed E-state index contributed by atoms with van der Waals surface area (Å²) in [6.07, 6.45) is 5.06. The number of urea groups is 1. The van der Waals surface area contributed by atoms with Crippen LogP contribution in [-0.2, 0) is 13.0 Å². The molecule has 1 saturated carbocycles. The first-order valence-corrected chi connectivity index (χ1v) is 11.0. The summed E-state index contributed by atoms with van der Waals surface area (Å²) in [4.78, 5) is 32.6. The van der Waals surface area contributed by atoms with Crippen LogP contribution in [0.5, 0.6) is 11.5 Å². The summed E-state index contributed by atoms with van der Waals surface area (Å²) in [6, 6.07) is 5.24. The van der Waals surface area contributed by atoms with Gasteiger partial charge in [0.25, 0.3) is 5.91 Å². The number of methoxy groups -OCH3 is 2. The molecule has 1 fully saturated rings. The Morgan fingerprint density at radius 3 is 2.73 bits per heavy atom. The van der Waals surface area contributed by atoms with Crippen LogP contribution in [0.1, 0.15) is 46.6 Å². The molecule has 8 nitrogen and oxygen atoms in total. The SMILES string of the molecule is COc1ccc(C(=O)N2CCc3nc(NC(=O)NC4CCCC4)sc3C2)c(OC)c1. The van der Waals surface area contributed by atoms with Crippen molar-refractivity contribution in [3.63, 3.8) is 0 Å².